The highest BCUT2D eigenvalue weighted by Crippen LogP contribution is 1.84. The summed E-state index contributed by atoms with van der Waals surface area (Å²) < 4.78 is 27.4. The van der Waals surface area contributed by atoms with E-state index in [2.05, 4.69) is 4.18 Å². The molecule has 5 nitrogen and oxygen atoms in total. The molecule has 0 fully saturated rings. The van der Waals surface area contributed by atoms with Crippen LogP contribution in [0.25, 0.3) is 0 Å². The van der Waals surface area contributed by atoms with Crippen molar-refractivity contribution in [2.45, 2.75) is 6.92 Å². The summed E-state index contributed by atoms with van der Waals surface area (Å²) in [6, 6.07) is 0. The summed E-state index contributed by atoms with van der Waals surface area (Å²) >= 11 is 0. The minimum Gasteiger partial charge on any atom is -0.395 e. The van der Waals surface area contributed by atoms with Crippen molar-refractivity contribution in [1.82, 2.24) is 4.72 Å². The first kappa shape index (κ1) is 9.83. The van der Waals surface area contributed by atoms with E-state index in [1.54, 1.807) is 6.92 Å². The SMILES string of the molecule is CCOS(=O)(=O)NCCO. The molecule has 0 aliphatic heterocycles. The van der Waals surface area contributed by atoms with Crippen LogP contribution < -0.4 is 4.72 Å². The topological polar surface area (TPSA) is 75.6 Å². The lowest BCUT2D eigenvalue weighted by atomic mass is 10.8. The largest absolute Gasteiger partial charge is 0.395 e. The van der Waals surface area contributed by atoms with Gasteiger partial charge in [0.15, 0.2) is 0 Å². The predicted molar refractivity (Wildman–Crippen MR) is 35.6 cm³/mol. The molecule has 0 heterocycles. The number of nitrogens with one attached hydrogen (secondary N) is 1. The van der Waals surface area contributed by atoms with Crippen molar-refractivity contribution >= 4 is 10.3 Å². The lowest BCUT2D eigenvalue weighted by molar-refractivity contribution is 0.289. The first-order chi connectivity index (χ1) is 4.62. The van der Waals surface area contributed by atoms with Gasteiger partial charge in [-0.3, -0.25) is 4.18 Å². The Morgan fingerprint density at radius 1 is 1.60 bits per heavy atom. The smallest absolute Gasteiger partial charge is 0.335 e. The quantitative estimate of drug-likeness (QED) is 0.545. The van der Waals surface area contributed by atoms with Crippen LogP contribution in [0.2, 0.25) is 0 Å². The predicted octanol–water partition coefficient (Wildman–Crippen LogP) is -1.15. The molecule has 0 rings (SSSR count). The summed E-state index contributed by atoms with van der Waals surface area (Å²) in [5, 5.41) is 8.22. The normalized spacial score (nSPS) is 11.8. The van der Waals surface area contributed by atoms with Crippen molar-refractivity contribution in [1.29, 1.82) is 0 Å². The van der Waals surface area contributed by atoms with Crippen molar-refractivity contribution in [2.75, 3.05) is 19.8 Å². The van der Waals surface area contributed by atoms with Crippen molar-refractivity contribution in [3.8, 4) is 0 Å². The fraction of sp³-hybridized carbons (Fsp3) is 1.00. The van der Waals surface area contributed by atoms with Gasteiger partial charge in [0.2, 0.25) is 0 Å². The van der Waals surface area contributed by atoms with E-state index in [0.29, 0.717) is 0 Å². The van der Waals surface area contributed by atoms with Crippen LogP contribution in [0.1, 0.15) is 6.92 Å². The van der Waals surface area contributed by atoms with Crippen molar-refractivity contribution in [2.24, 2.45) is 0 Å². The van der Waals surface area contributed by atoms with Gasteiger partial charge in [-0.25, -0.2) is 0 Å². The van der Waals surface area contributed by atoms with Gasteiger partial charge in [0.25, 0.3) is 0 Å². The van der Waals surface area contributed by atoms with Gasteiger partial charge in [0.1, 0.15) is 0 Å². The van der Waals surface area contributed by atoms with Crippen LogP contribution in [0.5, 0.6) is 0 Å². The summed E-state index contributed by atoms with van der Waals surface area (Å²) in [5.74, 6) is 0. The van der Waals surface area contributed by atoms with Gasteiger partial charge in [-0.2, -0.15) is 13.1 Å². The van der Waals surface area contributed by atoms with E-state index in [0.717, 1.165) is 0 Å². The van der Waals surface area contributed by atoms with E-state index in [1.165, 1.54) is 0 Å². The van der Waals surface area contributed by atoms with Gasteiger partial charge in [-0.1, -0.05) is 0 Å². The highest BCUT2D eigenvalue weighted by atomic mass is 32.2. The van der Waals surface area contributed by atoms with Crippen molar-refractivity contribution < 1.29 is 17.7 Å². The minimum atomic E-state index is -3.60. The molecule has 0 spiro atoms. The molecule has 0 radical (unpaired) electrons. The molecule has 0 saturated heterocycles. The monoisotopic (exact) mass is 169 g/mol. The Morgan fingerprint density at radius 2 is 2.20 bits per heavy atom. The maximum absolute atomic E-state index is 10.5. The molecule has 0 aliphatic carbocycles. The second kappa shape index (κ2) is 4.62. The van der Waals surface area contributed by atoms with E-state index in [4.69, 9.17) is 5.11 Å². The van der Waals surface area contributed by atoms with Gasteiger partial charge in [0, 0.05) is 6.54 Å². The Bertz CT molecular complexity index is 164. The van der Waals surface area contributed by atoms with Gasteiger partial charge in [-0.15, -0.1) is 0 Å². The summed E-state index contributed by atoms with van der Waals surface area (Å²) in [4.78, 5) is 0. The van der Waals surface area contributed by atoms with Crippen LogP contribution >= 0.6 is 0 Å². The number of aliphatic hydroxyl groups is 1. The van der Waals surface area contributed by atoms with Crippen LogP contribution in [0.15, 0.2) is 0 Å². The highest BCUT2D eigenvalue weighted by molar-refractivity contribution is 7.84. The molecule has 62 valence electrons. The Kier molecular flexibility index (Phi) is 4.54. The molecule has 0 aromatic rings. The summed E-state index contributed by atoms with van der Waals surface area (Å²) in [6.07, 6.45) is 0. The Balaban J connectivity index is 3.65. The first-order valence-corrected chi connectivity index (χ1v) is 4.28. The van der Waals surface area contributed by atoms with E-state index in [9.17, 15) is 8.42 Å². The average molecular weight is 169 g/mol. The zero-order chi connectivity index (χ0) is 8.04. The Labute approximate surface area is 60.3 Å². The third-order valence-corrected chi connectivity index (χ3v) is 1.77. The van der Waals surface area contributed by atoms with E-state index < -0.39 is 10.3 Å². The van der Waals surface area contributed by atoms with Crippen LogP contribution in [-0.2, 0) is 14.5 Å². The van der Waals surface area contributed by atoms with Gasteiger partial charge >= 0.3 is 10.3 Å². The molecule has 0 amide bonds. The Hall–Kier alpha value is -0.170. The average Bonchev–Trinajstić information content (AvgIpc) is 1.84. The molecule has 0 aliphatic rings. The van der Waals surface area contributed by atoms with Crippen LogP contribution in [0, 0.1) is 0 Å². The van der Waals surface area contributed by atoms with Crippen LogP contribution in [0.3, 0.4) is 0 Å². The third-order valence-electron chi connectivity index (χ3n) is 0.664. The standard InChI is InChI=1S/C4H11NO4S/c1-2-9-10(7,8)5-3-4-6/h5-6H,2-4H2,1H3. The lowest BCUT2D eigenvalue weighted by Crippen LogP contribution is -2.28. The second-order valence-corrected chi connectivity index (χ2v) is 2.91. The molecule has 0 unspecified atom stereocenters. The van der Waals surface area contributed by atoms with Gasteiger partial charge in [0.05, 0.1) is 13.2 Å². The fourth-order valence-electron chi connectivity index (χ4n) is 0.367. The minimum absolute atomic E-state index is 0.0116. The summed E-state index contributed by atoms with van der Waals surface area (Å²) in [7, 11) is -3.60. The molecular weight excluding hydrogens is 158 g/mol. The maximum Gasteiger partial charge on any atom is 0.335 e. The molecule has 0 aromatic heterocycles. The Morgan fingerprint density at radius 3 is 2.60 bits per heavy atom. The molecule has 0 bridgehead atoms. The van der Waals surface area contributed by atoms with Crippen LogP contribution in [0.4, 0.5) is 0 Å². The second-order valence-electron chi connectivity index (χ2n) is 1.48. The van der Waals surface area contributed by atoms with Crippen molar-refractivity contribution in [3.63, 3.8) is 0 Å². The van der Waals surface area contributed by atoms with Gasteiger partial charge in [-0.05, 0) is 6.92 Å². The maximum atomic E-state index is 10.5. The molecule has 0 atom stereocenters. The molecule has 2 N–H and O–H groups in total. The van der Waals surface area contributed by atoms with Crippen LogP contribution in [-0.4, -0.2) is 33.3 Å². The van der Waals surface area contributed by atoms with E-state index >= 15 is 0 Å². The summed E-state index contributed by atoms with van der Waals surface area (Å²) in [6.45, 7) is 1.42. The molecular formula is C4H11NO4S. The zero-order valence-electron chi connectivity index (χ0n) is 5.70. The molecule has 6 heteroatoms. The van der Waals surface area contributed by atoms with Crippen molar-refractivity contribution in [3.05, 3.63) is 0 Å². The third kappa shape index (κ3) is 4.68. The number of aliphatic hydroxyl groups excluding tert-OH is 1. The number of rotatable bonds is 5. The van der Waals surface area contributed by atoms with E-state index in [1.807, 2.05) is 4.72 Å². The fourth-order valence-corrected chi connectivity index (χ4v) is 1.10. The molecule has 0 saturated carbocycles. The highest BCUT2D eigenvalue weighted by Gasteiger charge is 2.05. The summed E-state index contributed by atoms with van der Waals surface area (Å²) in [5.41, 5.74) is 0. The number of hydrogen-bond acceptors (Lipinski definition) is 4. The van der Waals surface area contributed by atoms with Gasteiger partial charge < -0.3 is 5.11 Å². The zero-order valence-corrected chi connectivity index (χ0v) is 6.52. The van der Waals surface area contributed by atoms with E-state index in [-0.39, 0.29) is 19.8 Å². The number of hydrogen-bond donors (Lipinski definition) is 2. The lowest BCUT2D eigenvalue weighted by Gasteiger charge is -2.01. The molecule has 10 heavy (non-hydrogen) atoms. The first-order valence-electron chi connectivity index (χ1n) is 2.87. The molecule has 0 aromatic carbocycles.